The fourth-order valence-corrected chi connectivity index (χ4v) is 7.82. The number of piperidine rings is 1. The standard InChI is InChI=1S/C40H37ClN8O4/c1-23-29(5-4-6-31(23)46-38-35-26(8-11-44-38)16-25(19-45-35)20-48-14-10-28(50)22-48)36-34(41)30(9-12-43-36)39-47-32-17-24(15-27(18-42)37(32)53-39)21-49-13-3-2-7-33(49)40(51)52/h4-6,8-9,11-12,15-17,19,28,33,50H,2-3,7,10,13-14,20-22H2,1H3,(H,44,46)(H,51,52)/t28-,33+/m1/s1. The lowest BCUT2D eigenvalue weighted by molar-refractivity contribution is -0.144. The maximum Gasteiger partial charge on any atom is 0.320 e. The Morgan fingerprint density at radius 2 is 1.91 bits per heavy atom. The second-order valence-electron chi connectivity index (χ2n) is 13.8. The molecule has 53 heavy (non-hydrogen) atoms. The Morgan fingerprint density at radius 1 is 1.04 bits per heavy atom. The Morgan fingerprint density at radius 3 is 2.72 bits per heavy atom. The first-order chi connectivity index (χ1) is 25.7. The molecule has 0 unspecified atom stereocenters. The van der Waals surface area contributed by atoms with E-state index in [4.69, 9.17) is 26.0 Å². The molecule has 12 nitrogen and oxygen atoms in total. The van der Waals surface area contributed by atoms with Crippen LogP contribution in [0.1, 0.15) is 47.9 Å². The molecule has 2 fully saturated rings. The molecule has 13 heteroatoms. The molecule has 4 aromatic heterocycles. The van der Waals surface area contributed by atoms with Crippen molar-refractivity contribution in [2.24, 2.45) is 0 Å². The zero-order chi connectivity index (χ0) is 36.6. The first-order valence-corrected chi connectivity index (χ1v) is 18.1. The number of oxazole rings is 1. The van der Waals surface area contributed by atoms with Crippen molar-refractivity contribution < 1.29 is 19.4 Å². The minimum absolute atomic E-state index is 0.252. The smallest absolute Gasteiger partial charge is 0.320 e. The molecule has 0 saturated carbocycles. The number of hydrogen-bond acceptors (Lipinski definition) is 11. The number of nitrogens with one attached hydrogen (secondary N) is 1. The number of aliphatic carboxylic acids is 1. The van der Waals surface area contributed by atoms with Gasteiger partial charge in [0.05, 0.1) is 27.9 Å². The van der Waals surface area contributed by atoms with E-state index in [0.717, 1.165) is 71.2 Å². The third kappa shape index (κ3) is 6.92. The number of nitriles is 1. The number of fused-ring (bicyclic) bond motifs is 2. The van der Waals surface area contributed by atoms with Crippen molar-refractivity contribution in [1.29, 1.82) is 5.26 Å². The van der Waals surface area contributed by atoms with E-state index in [9.17, 15) is 20.3 Å². The summed E-state index contributed by atoms with van der Waals surface area (Å²) in [6.07, 6.45) is 8.22. The number of β-amino-alcohol motifs (C(OH)–C–C–N with tert-alkyl or cyclic N) is 1. The lowest BCUT2D eigenvalue weighted by Gasteiger charge is -2.32. The van der Waals surface area contributed by atoms with Crippen LogP contribution in [0, 0.1) is 18.3 Å². The molecule has 8 rings (SSSR count). The number of halogens is 1. The van der Waals surface area contributed by atoms with Gasteiger partial charge in [0.2, 0.25) is 5.89 Å². The van der Waals surface area contributed by atoms with Gasteiger partial charge in [-0.15, -0.1) is 0 Å². The molecular formula is C40H37ClN8O4. The number of rotatable bonds is 9. The summed E-state index contributed by atoms with van der Waals surface area (Å²) in [5.41, 5.74) is 7.35. The van der Waals surface area contributed by atoms with Crippen molar-refractivity contribution in [1.82, 2.24) is 29.7 Å². The molecule has 6 heterocycles. The monoisotopic (exact) mass is 728 g/mol. The zero-order valence-electron chi connectivity index (χ0n) is 29.1. The first kappa shape index (κ1) is 34.6. The molecule has 0 bridgehead atoms. The van der Waals surface area contributed by atoms with Crippen LogP contribution < -0.4 is 5.32 Å². The summed E-state index contributed by atoms with van der Waals surface area (Å²) in [6, 6.07) is 16.9. The highest BCUT2D eigenvalue weighted by Gasteiger charge is 2.29. The van der Waals surface area contributed by atoms with Crippen LogP contribution in [-0.4, -0.2) is 77.7 Å². The van der Waals surface area contributed by atoms with Gasteiger partial charge in [-0.1, -0.05) is 30.2 Å². The van der Waals surface area contributed by atoms with Gasteiger partial charge in [-0.3, -0.25) is 24.6 Å². The predicted molar refractivity (Wildman–Crippen MR) is 202 cm³/mol. The van der Waals surface area contributed by atoms with Gasteiger partial charge in [0, 0.05) is 61.4 Å². The van der Waals surface area contributed by atoms with E-state index in [-0.39, 0.29) is 12.0 Å². The molecule has 3 N–H and O–H groups in total. The Hall–Kier alpha value is -5.45. The summed E-state index contributed by atoms with van der Waals surface area (Å²) in [5, 5.41) is 34.5. The van der Waals surface area contributed by atoms with E-state index < -0.39 is 12.0 Å². The summed E-state index contributed by atoms with van der Waals surface area (Å²) < 4.78 is 6.18. The Kier molecular flexibility index (Phi) is 9.49. The van der Waals surface area contributed by atoms with Crippen molar-refractivity contribution in [3.05, 3.63) is 94.4 Å². The SMILES string of the molecule is Cc1c(Nc2nccc3cc(CN4CC[C@@H](O)C4)cnc23)cccc1-c1nccc(-c2nc3cc(CN4CCCC[C@H]4C(=O)O)cc(C#N)c3o2)c1Cl. The van der Waals surface area contributed by atoms with Crippen LogP contribution >= 0.6 is 11.6 Å². The summed E-state index contributed by atoms with van der Waals surface area (Å²) in [4.78, 5) is 34.9. The van der Waals surface area contributed by atoms with E-state index in [2.05, 4.69) is 32.3 Å². The predicted octanol–water partition coefficient (Wildman–Crippen LogP) is 7.08. The van der Waals surface area contributed by atoms with Crippen molar-refractivity contribution in [2.45, 2.75) is 57.8 Å². The van der Waals surface area contributed by atoms with Gasteiger partial charge in [-0.25, -0.2) is 9.97 Å². The molecule has 0 radical (unpaired) electrons. The van der Waals surface area contributed by atoms with E-state index in [1.807, 2.05) is 48.4 Å². The van der Waals surface area contributed by atoms with Gasteiger partial charge in [0.15, 0.2) is 11.4 Å². The molecule has 268 valence electrons. The van der Waals surface area contributed by atoms with Crippen molar-refractivity contribution in [3.63, 3.8) is 0 Å². The van der Waals surface area contributed by atoms with Crippen LogP contribution in [0.15, 0.2) is 71.5 Å². The molecule has 0 amide bonds. The van der Waals surface area contributed by atoms with E-state index in [1.54, 1.807) is 24.5 Å². The van der Waals surface area contributed by atoms with Gasteiger partial charge < -0.3 is 19.9 Å². The highest BCUT2D eigenvalue weighted by Crippen LogP contribution is 2.39. The molecule has 2 aromatic carbocycles. The number of anilines is 2. The number of carboxylic acid groups (broad SMARTS) is 1. The maximum absolute atomic E-state index is 11.9. The Balaban J connectivity index is 1.08. The minimum Gasteiger partial charge on any atom is -0.480 e. The quantitative estimate of drug-likeness (QED) is 0.139. The second-order valence-corrected chi connectivity index (χ2v) is 14.2. The number of aliphatic hydroxyl groups excluding tert-OH is 1. The molecule has 0 spiro atoms. The van der Waals surface area contributed by atoms with Crippen LogP contribution in [0.4, 0.5) is 11.5 Å². The summed E-state index contributed by atoms with van der Waals surface area (Å²) in [7, 11) is 0. The fraction of sp³-hybridized carbons (Fsp3) is 0.300. The van der Waals surface area contributed by atoms with Crippen LogP contribution in [0.3, 0.4) is 0 Å². The Labute approximate surface area is 310 Å². The second kappa shape index (κ2) is 14.5. The molecular weight excluding hydrogens is 692 g/mol. The maximum atomic E-state index is 11.9. The normalized spacial score (nSPS) is 18.1. The molecule has 2 atom stereocenters. The molecule has 2 aliphatic heterocycles. The summed E-state index contributed by atoms with van der Waals surface area (Å²) in [6.45, 7) is 5.33. The van der Waals surface area contributed by atoms with Crippen LogP contribution in [-0.2, 0) is 17.9 Å². The molecule has 0 aliphatic carbocycles. The van der Waals surface area contributed by atoms with Gasteiger partial charge in [0.1, 0.15) is 23.1 Å². The number of nitrogens with zero attached hydrogens (tertiary/aromatic N) is 7. The van der Waals surface area contributed by atoms with Crippen LogP contribution in [0.2, 0.25) is 5.02 Å². The van der Waals surface area contributed by atoms with Gasteiger partial charge in [-0.2, -0.15) is 5.26 Å². The lowest BCUT2D eigenvalue weighted by atomic mass is 10.0. The number of aromatic nitrogens is 4. The number of hydrogen-bond donors (Lipinski definition) is 3. The lowest BCUT2D eigenvalue weighted by Crippen LogP contribution is -2.44. The molecule has 2 aliphatic rings. The topological polar surface area (TPSA) is 165 Å². The number of aliphatic hydroxyl groups is 1. The highest BCUT2D eigenvalue weighted by molar-refractivity contribution is 6.35. The van der Waals surface area contributed by atoms with Gasteiger partial charge in [-0.05, 0) is 85.8 Å². The molecule has 2 saturated heterocycles. The third-order valence-electron chi connectivity index (χ3n) is 10.2. The molecule has 6 aromatic rings. The van der Waals surface area contributed by atoms with Crippen molar-refractivity contribution >= 4 is 51.1 Å². The largest absolute Gasteiger partial charge is 0.480 e. The summed E-state index contributed by atoms with van der Waals surface area (Å²) >= 11 is 7.08. The number of likely N-dealkylation sites (tertiary alicyclic amines) is 2. The van der Waals surface area contributed by atoms with E-state index in [1.165, 1.54) is 0 Å². The van der Waals surface area contributed by atoms with Crippen molar-refractivity contribution in [2.75, 3.05) is 25.0 Å². The number of carbonyl (C=O) groups is 1. The Bertz CT molecular complexity index is 2410. The number of pyridine rings is 3. The summed E-state index contributed by atoms with van der Waals surface area (Å²) in [5.74, 6) is 0.0422. The zero-order valence-corrected chi connectivity index (χ0v) is 29.8. The average Bonchev–Trinajstić information content (AvgIpc) is 3.78. The number of benzene rings is 2. The highest BCUT2D eigenvalue weighted by atomic mass is 35.5. The first-order valence-electron chi connectivity index (χ1n) is 17.7. The average molecular weight is 729 g/mol. The van der Waals surface area contributed by atoms with Crippen molar-refractivity contribution in [3.8, 4) is 28.8 Å². The van der Waals surface area contributed by atoms with E-state index >= 15 is 0 Å². The van der Waals surface area contributed by atoms with Crippen LogP contribution in [0.5, 0.6) is 0 Å². The minimum atomic E-state index is -0.831. The number of carboxylic acids is 1. The van der Waals surface area contributed by atoms with Gasteiger partial charge in [0.25, 0.3) is 0 Å². The van der Waals surface area contributed by atoms with E-state index in [0.29, 0.717) is 64.8 Å². The third-order valence-corrected chi connectivity index (χ3v) is 10.6. The van der Waals surface area contributed by atoms with Gasteiger partial charge >= 0.3 is 5.97 Å². The van der Waals surface area contributed by atoms with Crippen LogP contribution in [0.25, 0.3) is 44.7 Å². The fourth-order valence-electron chi connectivity index (χ4n) is 7.52.